The van der Waals surface area contributed by atoms with Gasteiger partial charge in [0, 0.05) is 42.3 Å². The molecule has 0 unspecified atom stereocenters. The Morgan fingerprint density at radius 2 is 1.89 bits per heavy atom. The molecule has 0 spiro atoms. The number of alkyl halides is 1. The Kier molecular flexibility index (Phi) is 4.65. The van der Waals surface area contributed by atoms with Gasteiger partial charge >= 0.3 is 0 Å². The van der Waals surface area contributed by atoms with Crippen molar-refractivity contribution in [1.82, 2.24) is 19.9 Å². The van der Waals surface area contributed by atoms with Crippen LogP contribution in [-0.4, -0.2) is 32.7 Å². The van der Waals surface area contributed by atoms with Gasteiger partial charge in [0.1, 0.15) is 23.8 Å². The standard InChI is InChI=1S/C20H16F2N6/c21-15-7-20(8-15,18-17(22)2-1-4-25-18)12-28-19-26-10-14(11-27-19)13-3-5-24-16(6-13)9-23/h1-6,10-11,15H,7-8,12H2,(H,26,27,28). The van der Waals surface area contributed by atoms with E-state index in [-0.39, 0.29) is 25.1 Å². The molecule has 6 nitrogen and oxygen atoms in total. The highest BCUT2D eigenvalue weighted by atomic mass is 19.1. The van der Waals surface area contributed by atoms with E-state index in [1.165, 1.54) is 18.3 Å². The van der Waals surface area contributed by atoms with Crippen LogP contribution < -0.4 is 5.32 Å². The monoisotopic (exact) mass is 378 g/mol. The van der Waals surface area contributed by atoms with Crippen LogP contribution in [0.4, 0.5) is 14.7 Å². The van der Waals surface area contributed by atoms with E-state index in [4.69, 9.17) is 5.26 Å². The van der Waals surface area contributed by atoms with Gasteiger partial charge in [0.05, 0.1) is 5.69 Å². The van der Waals surface area contributed by atoms with Gasteiger partial charge in [-0.2, -0.15) is 5.26 Å². The van der Waals surface area contributed by atoms with Crippen LogP contribution in [0.2, 0.25) is 0 Å². The van der Waals surface area contributed by atoms with Gasteiger partial charge in [-0.25, -0.2) is 23.7 Å². The van der Waals surface area contributed by atoms with E-state index in [1.807, 2.05) is 6.07 Å². The van der Waals surface area contributed by atoms with Crippen molar-refractivity contribution in [3.05, 3.63) is 66.3 Å². The van der Waals surface area contributed by atoms with Crippen LogP contribution in [0.25, 0.3) is 11.1 Å². The van der Waals surface area contributed by atoms with Gasteiger partial charge in [0.2, 0.25) is 5.95 Å². The average Bonchev–Trinajstić information content (AvgIpc) is 2.71. The van der Waals surface area contributed by atoms with Gasteiger partial charge in [0.15, 0.2) is 0 Å². The zero-order valence-electron chi connectivity index (χ0n) is 14.8. The smallest absolute Gasteiger partial charge is 0.222 e. The molecule has 0 atom stereocenters. The molecule has 140 valence electrons. The summed E-state index contributed by atoms with van der Waals surface area (Å²) in [7, 11) is 0. The number of pyridine rings is 2. The second-order valence-corrected chi connectivity index (χ2v) is 6.81. The molecule has 1 N–H and O–H groups in total. The minimum absolute atomic E-state index is 0.208. The first-order valence-electron chi connectivity index (χ1n) is 8.77. The van der Waals surface area contributed by atoms with Crippen LogP contribution in [0.5, 0.6) is 0 Å². The lowest BCUT2D eigenvalue weighted by atomic mass is 9.65. The van der Waals surface area contributed by atoms with Crippen molar-refractivity contribution in [3.8, 4) is 17.2 Å². The van der Waals surface area contributed by atoms with Crippen LogP contribution >= 0.6 is 0 Å². The van der Waals surface area contributed by atoms with Crippen LogP contribution in [0.15, 0.2) is 49.1 Å². The third-order valence-electron chi connectivity index (χ3n) is 4.93. The Morgan fingerprint density at radius 1 is 1.11 bits per heavy atom. The van der Waals surface area contributed by atoms with Gasteiger partial charge in [-0.3, -0.25) is 4.98 Å². The number of nitrogens with one attached hydrogen (secondary N) is 1. The zero-order chi connectivity index (χ0) is 19.6. The SMILES string of the molecule is N#Cc1cc(-c2cnc(NCC3(c4ncccc4F)CC(F)C3)nc2)ccn1. The van der Waals surface area contributed by atoms with Gasteiger partial charge in [-0.1, -0.05) is 0 Å². The number of rotatable bonds is 5. The zero-order valence-corrected chi connectivity index (χ0v) is 14.8. The first-order chi connectivity index (χ1) is 13.6. The molecule has 4 rings (SSSR count). The summed E-state index contributed by atoms with van der Waals surface area (Å²) < 4.78 is 27.8. The fourth-order valence-corrected chi connectivity index (χ4v) is 3.47. The van der Waals surface area contributed by atoms with Gasteiger partial charge in [0.25, 0.3) is 0 Å². The Labute approximate surface area is 160 Å². The van der Waals surface area contributed by atoms with Crippen LogP contribution in [0.3, 0.4) is 0 Å². The van der Waals surface area contributed by atoms with E-state index in [9.17, 15) is 8.78 Å². The average molecular weight is 378 g/mol. The van der Waals surface area contributed by atoms with Crippen molar-refractivity contribution >= 4 is 5.95 Å². The summed E-state index contributed by atoms with van der Waals surface area (Å²) in [5.41, 5.74) is 1.39. The molecule has 8 heteroatoms. The minimum atomic E-state index is -0.965. The van der Waals surface area contributed by atoms with E-state index >= 15 is 0 Å². The number of nitrogens with zero attached hydrogens (tertiary/aromatic N) is 5. The molecule has 1 aliphatic carbocycles. The highest BCUT2D eigenvalue weighted by molar-refractivity contribution is 5.62. The highest BCUT2D eigenvalue weighted by Gasteiger charge is 2.48. The molecule has 0 amide bonds. The lowest BCUT2D eigenvalue weighted by Crippen LogP contribution is -2.49. The van der Waals surface area contributed by atoms with E-state index in [0.29, 0.717) is 11.6 Å². The van der Waals surface area contributed by atoms with Crippen LogP contribution in [0.1, 0.15) is 24.2 Å². The molecular weight excluding hydrogens is 362 g/mol. The third kappa shape index (κ3) is 3.39. The van der Waals surface area contributed by atoms with Crippen LogP contribution in [0, 0.1) is 17.1 Å². The Bertz CT molecular complexity index is 1030. The summed E-state index contributed by atoms with van der Waals surface area (Å²) in [6.45, 7) is 0.286. The minimum Gasteiger partial charge on any atom is -0.353 e. The van der Waals surface area contributed by atoms with Crippen LogP contribution in [-0.2, 0) is 5.41 Å². The summed E-state index contributed by atoms with van der Waals surface area (Å²) in [5.74, 6) is -0.0743. The number of nitriles is 1. The Balaban J connectivity index is 1.50. The van der Waals surface area contributed by atoms with Crippen molar-refractivity contribution in [1.29, 1.82) is 5.26 Å². The van der Waals surface area contributed by atoms with Crippen molar-refractivity contribution in [2.75, 3.05) is 11.9 Å². The maximum Gasteiger partial charge on any atom is 0.222 e. The molecule has 0 radical (unpaired) electrons. The molecule has 0 aromatic carbocycles. The number of halogens is 2. The van der Waals surface area contributed by atoms with Crippen molar-refractivity contribution in [2.45, 2.75) is 24.4 Å². The molecule has 3 aromatic heterocycles. The number of aromatic nitrogens is 4. The molecule has 0 aliphatic heterocycles. The van der Waals surface area contributed by atoms with Crippen molar-refractivity contribution in [3.63, 3.8) is 0 Å². The predicted octanol–water partition coefficient (Wildman–Crippen LogP) is 3.43. The second-order valence-electron chi connectivity index (χ2n) is 6.81. The topological polar surface area (TPSA) is 87.4 Å². The Hall–Kier alpha value is -3.47. The molecule has 1 saturated carbocycles. The van der Waals surface area contributed by atoms with E-state index in [0.717, 1.165) is 11.1 Å². The fourth-order valence-electron chi connectivity index (χ4n) is 3.47. The van der Waals surface area contributed by atoms with E-state index < -0.39 is 17.4 Å². The third-order valence-corrected chi connectivity index (χ3v) is 4.93. The number of hydrogen-bond donors (Lipinski definition) is 1. The van der Waals surface area contributed by atoms with E-state index in [2.05, 4.69) is 25.3 Å². The lowest BCUT2D eigenvalue weighted by molar-refractivity contribution is 0.0963. The second kappa shape index (κ2) is 7.27. The van der Waals surface area contributed by atoms with Crippen molar-refractivity contribution < 1.29 is 8.78 Å². The number of anilines is 1. The predicted molar refractivity (Wildman–Crippen MR) is 98.5 cm³/mol. The summed E-state index contributed by atoms with van der Waals surface area (Å²) >= 11 is 0. The largest absolute Gasteiger partial charge is 0.353 e. The maximum absolute atomic E-state index is 14.2. The number of hydrogen-bond acceptors (Lipinski definition) is 6. The maximum atomic E-state index is 14.2. The van der Waals surface area contributed by atoms with Gasteiger partial charge in [-0.05, 0) is 42.7 Å². The van der Waals surface area contributed by atoms with E-state index in [1.54, 1.807) is 30.7 Å². The fraction of sp³-hybridized carbons (Fsp3) is 0.250. The summed E-state index contributed by atoms with van der Waals surface area (Å²) in [4.78, 5) is 16.6. The molecular formula is C20H16F2N6. The first-order valence-corrected chi connectivity index (χ1v) is 8.77. The summed E-state index contributed by atoms with van der Waals surface area (Å²) in [5, 5.41) is 12.0. The molecule has 3 heterocycles. The lowest BCUT2D eigenvalue weighted by Gasteiger charge is -2.43. The first kappa shape index (κ1) is 17.9. The molecule has 0 saturated heterocycles. The molecule has 3 aromatic rings. The van der Waals surface area contributed by atoms with Crippen molar-refractivity contribution in [2.24, 2.45) is 0 Å². The summed E-state index contributed by atoms with van der Waals surface area (Å²) in [6, 6.07) is 8.27. The molecule has 28 heavy (non-hydrogen) atoms. The van der Waals surface area contributed by atoms with Gasteiger partial charge in [-0.15, -0.1) is 0 Å². The molecule has 1 fully saturated rings. The molecule has 0 bridgehead atoms. The molecule has 1 aliphatic rings. The quantitative estimate of drug-likeness (QED) is 0.732. The normalized spacial score (nSPS) is 20.8. The van der Waals surface area contributed by atoms with Gasteiger partial charge < -0.3 is 5.32 Å². The Morgan fingerprint density at radius 3 is 2.57 bits per heavy atom. The highest BCUT2D eigenvalue weighted by Crippen LogP contribution is 2.45. The summed E-state index contributed by atoms with van der Waals surface area (Å²) in [6.07, 6.45) is 5.76.